The van der Waals surface area contributed by atoms with Gasteiger partial charge in [0.05, 0.1) is 7.11 Å². The topological polar surface area (TPSA) is 38.3 Å². The van der Waals surface area contributed by atoms with Gasteiger partial charge in [0.15, 0.2) is 0 Å². The molecule has 1 N–H and O–H groups in total. The Morgan fingerprint density at radius 2 is 2.23 bits per heavy atom. The number of ether oxygens (including phenoxy) is 1. The normalized spacial score (nSPS) is 27.5. The van der Waals surface area contributed by atoms with Crippen molar-refractivity contribution in [2.45, 2.75) is 32.2 Å². The van der Waals surface area contributed by atoms with E-state index in [9.17, 15) is 4.79 Å². The summed E-state index contributed by atoms with van der Waals surface area (Å²) in [6.07, 6.45) is 2.88. The first kappa shape index (κ1) is 12.7. The van der Waals surface area contributed by atoms with Crippen LogP contribution < -0.4 is 5.32 Å². The highest BCUT2D eigenvalue weighted by Crippen LogP contribution is 2.17. The van der Waals surface area contributed by atoms with Gasteiger partial charge in [-0.25, -0.2) is 0 Å². The molecule has 0 aliphatic carbocycles. The van der Waals surface area contributed by atoms with Gasteiger partial charge >= 0.3 is 5.97 Å². The van der Waals surface area contributed by atoms with Crippen LogP contribution in [0.4, 0.5) is 0 Å². The number of carbonyl (C=O) groups is 1. The Morgan fingerprint density at radius 1 is 1.54 bits per heavy atom. The average Bonchev–Trinajstić information content (AvgIpc) is 2.09. The molecule has 0 aromatic heterocycles. The van der Waals surface area contributed by atoms with Crippen LogP contribution in [-0.4, -0.2) is 25.7 Å². The average molecular weight is 208 g/mol. The molecule has 3 nitrogen and oxygen atoms in total. The fourth-order valence-corrected chi connectivity index (χ4v) is 1.55. The van der Waals surface area contributed by atoms with E-state index in [-0.39, 0.29) is 18.4 Å². The van der Waals surface area contributed by atoms with Crippen LogP contribution in [0.15, 0.2) is 0 Å². The second-order valence-corrected chi connectivity index (χ2v) is 3.53. The molecule has 1 heterocycles. The van der Waals surface area contributed by atoms with E-state index >= 15 is 0 Å². The van der Waals surface area contributed by atoms with Crippen LogP contribution in [0.3, 0.4) is 0 Å². The van der Waals surface area contributed by atoms with Crippen LogP contribution in [0.25, 0.3) is 0 Å². The molecule has 0 amide bonds. The van der Waals surface area contributed by atoms with Gasteiger partial charge in [0.1, 0.15) is 0 Å². The van der Waals surface area contributed by atoms with Crippen LogP contribution in [0, 0.1) is 5.92 Å². The van der Waals surface area contributed by atoms with E-state index in [0.29, 0.717) is 18.4 Å². The minimum absolute atomic E-state index is 0. The maximum atomic E-state index is 10.9. The lowest BCUT2D eigenvalue weighted by molar-refractivity contribution is -0.141. The minimum Gasteiger partial charge on any atom is -0.469 e. The summed E-state index contributed by atoms with van der Waals surface area (Å²) in [6, 6.07) is 0.610. The molecule has 1 fully saturated rings. The van der Waals surface area contributed by atoms with Crippen LogP contribution in [0.5, 0.6) is 0 Å². The highest BCUT2D eigenvalue weighted by molar-refractivity contribution is 5.85. The number of methoxy groups -OCH3 is 1. The lowest BCUT2D eigenvalue weighted by Gasteiger charge is -2.26. The van der Waals surface area contributed by atoms with Crippen molar-refractivity contribution in [3.05, 3.63) is 0 Å². The van der Waals surface area contributed by atoms with Gasteiger partial charge in [-0.05, 0) is 32.2 Å². The first-order chi connectivity index (χ1) is 5.72. The predicted molar refractivity (Wildman–Crippen MR) is 54.1 cm³/mol. The summed E-state index contributed by atoms with van der Waals surface area (Å²) in [5.74, 6) is 0.394. The second-order valence-electron chi connectivity index (χ2n) is 3.53. The van der Waals surface area contributed by atoms with Crippen LogP contribution in [0.1, 0.15) is 26.2 Å². The maximum absolute atomic E-state index is 10.9. The molecule has 0 bridgehead atoms. The smallest absolute Gasteiger partial charge is 0.305 e. The van der Waals surface area contributed by atoms with Crippen molar-refractivity contribution in [1.82, 2.24) is 5.32 Å². The molecular formula is C9H18ClNO2. The predicted octanol–water partition coefficient (Wildman–Crippen LogP) is 1.36. The fraction of sp³-hybridized carbons (Fsp3) is 0.889. The van der Waals surface area contributed by atoms with Gasteiger partial charge in [-0.1, -0.05) is 0 Å². The zero-order valence-corrected chi connectivity index (χ0v) is 9.02. The molecule has 78 valence electrons. The van der Waals surface area contributed by atoms with E-state index in [4.69, 9.17) is 0 Å². The van der Waals surface area contributed by atoms with Gasteiger partial charge in [0.2, 0.25) is 0 Å². The number of esters is 1. The third-order valence-electron chi connectivity index (χ3n) is 2.45. The summed E-state index contributed by atoms with van der Waals surface area (Å²) in [4.78, 5) is 10.9. The van der Waals surface area contributed by atoms with Gasteiger partial charge in [-0.2, -0.15) is 0 Å². The number of hydrogen-bond acceptors (Lipinski definition) is 3. The Morgan fingerprint density at radius 3 is 2.69 bits per heavy atom. The summed E-state index contributed by atoms with van der Waals surface area (Å²) >= 11 is 0. The SMILES string of the molecule is COC(=O)CC1CCC(C)NC1.Cl. The molecule has 1 saturated heterocycles. The maximum Gasteiger partial charge on any atom is 0.305 e. The van der Waals surface area contributed by atoms with Gasteiger partial charge in [0.25, 0.3) is 0 Å². The van der Waals surface area contributed by atoms with Crippen molar-refractivity contribution in [2.75, 3.05) is 13.7 Å². The molecule has 2 atom stereocenters. The number of halogens is 1. The van der Waals surface area contributed by atoms with E-state index in [1.165, 1.54) is 13.5 Å². The monoisotopic (exact) mass is 207 g/mol. The minimum atomic E-state index is -0.0867. The molecule has 4 heteroatoms. The second kappa shape index (κ2) is 6.22. The molecular weight excluding hydrogens is 190 g/mol. The van der Waals surface area contributed by atoms with E-state index in [0.717, 1.165) is 13.0 Å². The molecule has 1 aliphatic rings. The first-order valence-electron chi connectivity index (χ1n) is 4.52. The summed E-state index contributed by atoms with van der Waals surface area (Å²) in [5, 5.41) is 3.35. The van der Waals surface area contributed by atoms with Crippen LogP contribution >= 0.6 is 12.4 Å². The first-order valence-corrected chi connectivity index (χ1v) is 4.52. The quantitative estimate of drug-likeness (QED) is 0.695. The Bertz CT molecular complexity index is 156. The summed E-state index contributed by atoms with van der Waals surface area (Å²) in [7, 11) is 1.45. The number of nitrogens with one attached hydrogen (secondary N) is 1. The molecule has 0 saturated carbocycles. The fourth-order valence-electron chi connectivity index (χ4n) is 1.55. The van der Waals surface area contributed by atoms with Crippen molar-refractivity contribution < 1.29 is 9.53 Å². The number of piperidine rings is 1. The van der Waals surface area contributed by atoms with Gasteiger partial charge < -0.3 is 10.1 Å². The van der Waals surface area contributed by atoms with E-state index < -0.39 is 0 Å². The van der Waals surface area contributed by atoms with Crippen molar-refractivity contribution in [2.24, 2.45) is 5.92 Å². The standard InChI is InChI=1S/C9H17NO2.ClH/c1-7-3-4-8(6-10-7)5-9(11)12-2;/h7-8,10H,3-6H2,1-2H3;1H. The number of hydrogen-bond donors (Lipinski definition) is 1. The Balaban J connectivity index is 0.00000144. The highest BCUT2D eigenvalue weighted by Gasteiger charge is 2.19. The lowest BCUT2D eigenvalue weighted by atomic mass is 9.93. The summed E-state index contributed by atoms with van der Waals surface area (Å²) < 4.78 is 4.61. The van der Waals surface area contributed by atoms with Crippen molar-refractivity contribution in [1.29, 1.82) is 0 Å². The Kier molecular flexibility index (Phi) is 6.08. The number of rotatable bonds is 2. The highest BCUT2D eigenvalue weighted by atomic mass is 35.5. The molecule has 2 unspecified atom stereocenters. The van der Waals surface area contributed by atoms with Gasteiger partial charge in [0, 0.05) is 12.5 Å². The molecule has 0 spiro atoms. The zero-order valence-electron chi connectivity index (χ0n) is 8.21. The lowest BCUT2D eigenvalue weighted by Crippen LogP contribution is -2.37. The van der Waals surface area contributed by atoms with Crippen LogP contribution in [0.2, 0.25) is 0 Å². The van der Waals surface area contributed by atoms with E-state index in [1.807, 2.05) is 0 Å². The third kappa shape index (κ3) is 4.48. The van der Waals surface area contributed by atoms with Gasteiger partial charge in [-0.3, -0.25) is 4.79 Å². The molecule has 0 radical (unpaired) electrons. The van der Waals surface area contributed by atoms with E-state index in [2.05, 4.69) is 17.0 Å². The largest absolute Gasteiger partial charge is 0.469 e. The Hall–Kier alpha value is -0.280. The molecule has 1 aliphatic heterocycles. The van der Waals surface area contributed by atoms with Crippen molar-refractivity contribution in [3.8, 4) is 0 Å². The van der Waals surface area contributed by atoms with E-state index in [1.54, 1.807) is 0 Å². The zero-order chi connectivity index (χ0) is 8.97. The van der Waals surface area contributed by atoms with Crippen LogP contribution in [-0.2, 0) is 9.53 Å². The van der Waals surface area contributed by atoms with Crippen molar-refractivity contribution in [3.63, 3.8) is 0 Å². The van der Waals surface area contributed by atoms with Crippen molar-refractivity contribution >= 4 is 18.4 Å². The molecule has 0 aromatic carbocycles. The molecule has 1 rings (SSSR count). The summed E-state index contributed by atoms with van der Waals surface area (Å²) in [5.41, 5.74) is 0. The number of carbonyl (C=O) groups excluding carboxylic acids is 1. The third-order valence-corrected chi connectivity index (χ3v) is 2.45. The van der Waals surface area contributed by atoms with Gasteiger partial charge in [-0.15, -0.1) is 12.4 Å². The molecule has 13 heavy (non-hydrogen) atoms. The Labute approximate surface area is 85.6 Å². The summed E-state index contributed by atoms with van der Waals surface area (Å²) in [6.45, 7) is 3.13. The molecule has 0 aromatic rings.